The maximum atomic E-state index is 12.0. The Morgan fingerprint density at radius 2 is 2.22 bits per heavy atom. The Balaban J connectivity index is 1.91. The summed E-state index contributed by atoms with van der Waals surface area (Å²) in [7, 11) is -1.43. The molecule has 3 N–H and O–H groups in total. The van der Waals surface area contributed by atoms with Gasteiger partial charge in [0.05, 0.1) is 20.7 Å². The van der Waals surface area contributed by atoms with E-state index >= 15 is 0 Å². The molecule has 0 bridgehead atoms. The topological polar surface area (TPSA) is 72.2 Å². The van der Waals surface area contributed by atoms with Gasteiger partial charge in [0.1, 0.15) is 5.75 Å². The molecule has 1 saturated carbocycles. The zero-order valence-electron chi connectivity index (χ0n) is 9.82. The van der Waals surface area contributed by atoms with E-state index in [-0.39, 0.29) is 11.7 Å². The predicted octanol–water partition coefficient (Wildman–Crippen LogP) is 1.56. The molecule has 98 valence electrons. The average Bonchev–Trinajstić information content (AvgIpc) is 3.09. The molecule has 0 radical (unpaired) electrons. The second-order valence-electron chi connectivity index (χ2n) is 4.43. The van der Waals surface area contributed by atoms with E-state index in [1.807, 2.05) is 0 Å². The van der Waals surface area contributed by atoms with Crippen molar-refractivity contribution in [2.75, 3.05) is 18.0 Å². The predicted molar refractivity (Wildman–Crippen MR) is 72.9 cm³/mol. The summed E-state index contributed by atoms with van der Waals surface area (Å²) < 4.78 is 12.0. The lowest BCUT2D eigenvalue weighted by molar-refractivity contribution is -0.118. The first-order valence-electron chi connectivity index (χ1n) is 5.76. The van der Waals surface area contributed by atoms with Gasteiger partial charge in [0.25, 0.3) is 0 Å². The number of carbonyl (C=O) groups is 1. The number of nitrogens with one attached hydrogen (secondary N) is 1. The highest BCUT2D eigenvalue weighted by Crippen LogP contribution is 2.27. The van der Waals surface area contributed by atoms with Gasteiger partial charge in [0.2, 0.25) is 5.91 Å². The Hall–Kier alpha value is -1.07. The van der Waals surface area contributed by atoms with Crippen LogP contribution in [-0.4, -0.2) is 22.4 Å². The molecule has 0 aromatic heterocycles. The van der Waals surface area contributed by atoms with Crippen LogP contribution in [0.25, 0.3) is 0 Å². The van der Waals surface area contributed by atoms with Crippen LogP contribution in [0.4, 0.5) is 5.69 Å². The molecular weight excluding hydrogens is 272 g/mol. The minimum absolute atomic E-state index is 0.0592. The monoisotopic (exact) mass is 286 g/mol. The highest BCUT2D eigenvalue weighted by Gasteiger charge is 2.22. The van der Waals surface area contributed by atoms with Crippen LogP contribution in [0.1, 0.15) is 12.8 Å². The van der Waals surface area contributed by atoms with Gasteiger partial charge < -0.3 is 11.1 Å². The molecule has 1 amide bonds. The van der Waals surface area contributed by atoms with E-state index in [0.717, 1.165) is 0 Å². The van der Waals surface area contributed by atoms with Gasteiger partial charge in [-0.1, -0.05) is 11.6 Å². The summed E-state index contributed by atoms with van der Waals surface area (Å²) in [6, 6.07) is 4.76. The highest BCUT2D eigenvalue weighted by molar-refractivity contribution is 7.85. The quantitative estimate of drug-likeness (QED) is 0.807. The third-order valence-corrected chi connectivity index (χ3v) is 4.54. The molecule has 0 aliphatic heterocycles. The first-order valence-corrected chi connectivity index (χ1v) is 7.46. The molecule has 1 aromatic rings. The van der Waals surface area contributed by atoms with E-state index in [2.05, 4.69) is 5.32 Å². The fraction of sp³-hybridized carbons (Fsp3) is 0.417. The lowest BCUT2D eigenvalue weighted by Gasteiger charge is -2.06. The number of amides is 1. The van der Waals surface area contributed by atoms with E-state index in [9.17, 15) is 9.00 Å². The zero-order chi connectivity index (χ0) is 13.1. The van der Waals surface area contributed by atoms with Gasteiger partial charge in [-0.3, -0.25) is 9.00 Å². The van der Waals surface area contributed by atoms with Crippen molar-refractivity contribution in [3.05, 3.63) is 23.2 Å². The van der Waals surface area contributed by atoms with E-state index in [0.29, 0.717) is 28.1 Å². The Morgan fingerprint density at radius 3 is 2.83 bits per heavy atom. The van der Waals surface area contributed by atoms with Crippen molar-refractivity contribution in [1.29, 1.82) is 0 Å². The second-order valence-corrected chi connectivity index (χ2v) is 6.25. The van der Waals surface area contributed by atoms with Gasteiger partial charge in [-0.2, -0.15) is 0 Å². The van der Waals surface area contributed by atoms with E-state index in [1.165, 1.54) is 18.9 Å². The fourth-order valence-electron chi connectivity index (χ4n) is 1.53. The lowest BCUT2D eigenvalue weighted by atomic mass is 10.3. The molecule has 6 heteroatoms. The maximum Gasteiger partial charge on any atom is 0.233 e. The normalized spacial score (nSPS) is 16.3. The minimum Gasteiger partial charge on any atom is -0.399 e. The molecule has 1 aliphatic carbocycles. The van der Waals surface area contributed by atoms with Gasteiger partial charge in [0, 0.05) is 12.2 Å². The molecule has 1 aliphatic rings. The number of nitrogen functional groups attached to an aromatic ring is 1. The molecule has 0 spiro atoms. The molecule has 18 heavy (non-hydrogen) atoms. The first-order chi connectivity index (χ1) is 8.56. The Morgan fingerprint density at radius 1 is 1.50 bits per heavy atom. The first kappa shape index (κ1) is 13.4. The number of nitrogens with two attached hydrogens (primary N) is 1. The highest BCUT2D eigenvalue weighted by atomic mass is 35.5. The van der Waals surface area contributed by atoms with Crippen LogP contribution < -0.4 is 11.1 Å². The van der Waals surface area contributed by atoms with Crippen LogP contribution in [0.3, 0.4) is 0 Å². The molecule has 1 fully saturated rings. The van der Waals surface area contributed by atoms with Crippen LogP contribution >= 0.6 is 11.6 Å². The van der Waals surface area contributed by atoms with Gasteiger partial charge in [-0.15, -0.1) is 0 Å². The largest absolute Gasteiger partial charge is 0.399 e. The summed E-state index contributed by atoms with van der Waals surface area (Å²) in [6.45, 7) is 0.686. The van der Waals surface area contributed by atoms with E-state index in [4.69, 9.17) is 17.3 Å². The second kappa shape index (κ2) is 5.71. The molecule has 0 saturated heterocycles. The van der Waals surface area contributed by atoms with Crippen molar-refractivity contribution in [3.8, 4) is 0 Å². The number of hydrogen-bond acceptors (Lipinski definition) is 3. The number of benzene rings is 1. The summed E-state index contributed by atoms with van der Waals surface area (Å²) in [5.41, 5.74) is 6.07. The summed E-state index contributed by atoms with van der Waals surface area (Å²) in [5.74, 6) is 0.353. The van der Waals surface area contributed by atoms with Crippen molar-refractivity contribution in [2.24, 2.45) is 5.92 Å². The Labute approximate surface area is 113 Å². The third kappa shape index (κ3) is 3.71. The number of hydrogen-bond donors (Lipinski definition) is 2. The van der Waals surface area contributed by atoms with Crippen molar-refractivity contribution in [3.63, 3.8) is 0 Å². The van der Waals surface area contributed by atoms with Gasteiger partial charge in [0.15, 0.2) is 0 Å². The smallest absolute Gasteiger partial charge is 0.233 e. The molecule has 2 rings (SSSR count). The molecule has 1 atom stereocenters. The molecule has 0 heterocycles. The lowest BCUT2D eigenvalue weighted by Crippen LogP contribution is -2.30. The molecule has 1 aromatic carbocycles. The van der Waals surface area contributed by atoms with Gasteiger partial charge in [-0.05, 0) is 37.0 Å². The van der Waals surface area contributed by atoms with Crippen LogP contribution in [0.15, 0.2) is 23.1 Å². The summed E-state index contributed by atoms with van der Waals surface area (Å²) >= 11 is 5.94. The van der Waals surface area contributed by atoms with Crippen LogP contribution in [-0.2, 0) is 15.6 Å². The third-order valence-electron chi connectivity index (χ3n) is 2.75. The average molecular weight is 287 g/mol. The maximum absolute atomic E-state index is 12.0. The van der Waals surface area contributed by atoms with Crippen LogP contribution in [0, 0.1) is 5.92 Å². The van der Waals surface area contributed by atoms with Crippen LogP contribution in [0.5, 0.6) is 0 Å². The molecule has 4 nitrogen and oxygen atoms in total. The summed E-state index contributed by atoms with van der Waals surface area (Å²) in [5, 5.41) is 3.11. The summed E-state index contributed by atoms with van der Waals surface area (Å²) in [6.07, 6.45) is 2.35. The van der Waals surface area contributed by atoms with Crippen molar-refractivity contribution < 1.29 is 9.00 Å². The zero-order valence-corrected chi connectivity index (χ0v) is 11.4. The van der Waals surface area contributed by atoms with Crippen LogP contribution in [0.2, 0.25) is 5.02 Å². The number of carbonyl (C=O) groups excluding carboxylic acids is 1. The number of rotatable bonds is 5. The standard InChI is InChI=1S/C12H15ClN2O2S/c13-10-5-9(14)3-4-11(10)18(17)7-12(16)15-6-8-1-2-8/h3-5,8H,1-2,6-7,14H2,(H,15,16). The molecular formula is C12H15ClN2O2S. The Bertz CT molecular complexity index is 489. The number of anilines is 1. The fourth-order valence-corrected chi connectivity index (χ4v) is 2.97. The van der Waals surface area contributed by atoms with Gasteiger partial charge in [-0.25, -0.2) is 0 Å². The molecule has 1 unspecified atom stereocenters. The minimum atomic E-state index is -1.43. The van der Waals surface area contributed by atoms with Crippen molar-refractivity contribution in [1.82, 2.24) is 5.32 Å². The Kier molecular flexibility index (Phi) is 4.24. The summed E-state index contributed by atoms with van der Waals surface area (Å²) in [4.78, 5) is 12.0. The number of halogens is 1. The van der Waals surface area contributed by atoms with Crippen molar-refractivity contribution >= 4 is 34.0 Å². The SMILES string of the molecule is Nc1ccc(S(=O)CC(=O)NCC2CC2)c(Cl)c1. The van der Waals surface area contributed by atoms with E-state index in [1.54, 1.807) is 12.1 Å². The van der Waals surface area contributed by atoms with Gasteiger partial charge >= 0.3 is 0 Å². The van der Waals surface area contributed by atoms with E-state index < -0.39 is 10.8 Å². The van der Waals surface area contributed by atoms with Crippen molar-refractivity contribution in [2.45, 2.75) is 17.7 Å².